The maximum absolute atomic E-state index is 12.2. The van der Waals surface area contributed by atoms with E-state index in [1.54, 1.807) is 0 Å². The molecule has 6 nitrogen and oxygen atoms in total. The lowest BCUT2D eigenvalue weighted by Gasteiger charge is -2.34. The van der Waals surface area contributed by atoms with E-state index in [2.05, 4.69) is 27.7 Å². The SMILES string of the molecule is Cn1ccc(CNC(=O)NC[C@@H](c2ccccc2)N2CCOCC2)c1. The molecular formula is C19H26N4O2. The number of urea groups is 1. The summed E-state index contributed by atoms with van der Waals surface area (Å²) < 4.78 is 7.43. The van der Waals surface area contributed by atoms with Gasteiger partial charge in [-0.15, -0.1) is 0 Å². The van der Waals surface area contributed by atoms with Gasteiger partial charge in [0.15, 0.2) is 0 Å². The number of morpholine rings is 1. The third-order valence-corrected chi connectivity index (χ3v) is 4.47. The van der Waals surface area contributed by atoms with Crippen LogP contribution in [0, 0.1) is 0 Å². The van der Waals surface area contributed by atoms with Crippen molar-refractivity contribution in [3.8, 4) is 0 Å². The van der Waals surface area contributed by atoms with Gasteiger partial charge in [-0.05, 0) is 17.2 Å². The molecule has 0 unspecified atom stereocenters. The third kappa shape index (κ3) is 5.08. The summed E-state index contributed by atoms with van der Waals surface area (Å²) in [7, 11) is 1.97. The van der Waals surface area contributed by atoms with Gasteiger partial charge in [0.1, 0.15) is 0 Å². The van der Waals surface area contributed by atoms with Gasteiger partial charge in [0, 0.05) is 45.6 Å². The zero-order valence-electron chi connectivity index (χ0n) is 14.6. The maximum atomic E-state index is 12.2. The van der Waals surface area contributed by atoms with Crippen molar-refractivity contribution in [3.05, 3.63) is 59.9 Å². The predicted octanol–water partition coefficient (Wildman–Crippen LogP) is 1.90. The van der Waals surface area contributed by atoms with Crippen LogP contribution in [0.4, 0.5) is 4.79 Å². The summed E-state index contributed by atoms with van der Waals surface area (Å²) in [6.07, 6.45) is 3.97. The fraction of sp³-hybridized carbons (Fsp3) is 0.421. The van der Waals surface area contributed by atoms with E-state index in [1.165, 1.54) is 5.56 Å². The number of benzene rings is 1. The lowest BCUT2D eigenvalue weighted by Crippen LogP contribution is -2.45. The average Bonchev–Trinajstić information content (AvgIpc) is 3.07. The summed E-state index contributed by atoms with van der Waals surface area (Å²) in [5, 5.41) is 5.93. The van der Waals surface area contributed by atoms with Gasteiger partial charge in [0.25, 0.3) is 0 Å². The zero-order valence-corrected chi connectivity index (χ0v) is 14.6. The minimum absolute atomic E-state index is 0.141. The van der Waals surface area contributed by atoms with Crippen LogP contribution < -0.4 is 10.6 Å². The molecule has 1 aromatic heterocycles. The fourth-order valence-corrected chi connectivity index (χ4v) is 3.12. The minimum atomic E-state index is -0.141. The molecule has 25 heavy (non-hydrogen) atoms. The quantitative estimate of drug-likeness (QED) is 0.843. The Balaban J connectivity index is 1.55. The summed E-state index contributed by atoms with van der Waals surface area (Å²) >= 11 is 0. The summed E-state index contributed by atoms with van der Waals surface area (Å²) in [4.78, 5) is 14.5. The standard InChI is InChI=1S/C19H26N4O2/c1-22-8-7-16(15-22)13-20-19(24)21-14-18(17-5-3-2-4-6-17)23-9-11-25-12-10-23/h2-8,15,18H,9-14H2,1H3,(H2,20,21,24)/t18-/m0/s1. The number of nitrogens with one attached hydrogen (secondary N) is 2. The molecule has 0 bridgehead atoms. The Morgan fingerprint density at radius 1 is 1.16 bits per heavy atom. The highest BCUT2D eigenvalue weighted by Crippen LogP contribution is 2.20. The van der Waals surface area contributed by atoms with Crippen molar-refractivity contribution in [3.63, 3.8) is 0 Å². The molecule has 0 aliphatic carbocycles. The van der Waals surface area contributed by atoms with Crippen molar-refractivity contribution >= 4 is 6.03 Å². The van der Waals surface area contributed by atoms with Gasteiger partial charge in [-0.2, -0.15) is 0 Å². The van der Waals surface area contributed by atoms with Crippen LogP contribution in [0.5, 0.6) is 0 Å². The number of ether oxygens (including phenoxy) is 1. The number of hydrogen-bond acceptors (Lipinski definition) is 3. The molecule has 2 N–H and O–H groups in total. The van der Waals surface area contributed by atoms with Gasteiger partial charge in [0.2, 0.25) is 0 Å². The number of carbonyl (C=O) groups excluding carboxylic acids is 1. The topological polar surface area (TPSA) is 58.5 Å². The molecule has 0 spiro atoms. The van der Waals surface area contributed by atoms with E-state index >= 15 is 0 Å². The van der Waals surface area contributed by atoms with Gasteiger partial charge in [-0.25, -0.2) is 4.79 Å². The van der Waals surface area contributed by atoms with Crippen LogP contribution in [-0.4, -0.2) is 48.3 Å². The van der Waals surface area contributed by atoms with Crippen LogP contribution in [-0.2, 0) is 18.3 Å². The minimum Gasteiger partial charge on any atom is -0.379 e. The Bertz CT molecular complexity index is 665. The third-order valence-electron chi connectivity index (χ3n) is 4.47. The van der Waals surface area contributed by atoms with Crippen LogP contribution in [0.2, 0.25) is 0 Å². The second-order valence-electron chi connectivity index (χ2n) is 6.32. The number of hydrogen-bond donors (Lipinski definition) is 2. The van der Waals surface area contributed by atoms with E-state index in [-0.39, 0.29) is 12.1 Å². The lowest BCUT2D eigenvalue weighted by atomic mass is 10.0. The van der Waals surface area contributed by atoms with E-state index in [9.17, 15) is 4.79 Å². The van der Waals surface area contributed by atoms with Crippen molar-refractivity contribution in [2.75, 3.05) is 32.8 Å². The zero-order chi connectivity index (χ0) is 17.5. The maximum Gasteiger partial charge on any atom is 0.315 e. The summed E-state index contributed by atoms with van der Waals surface area (Å²) in [6, 6.07) is 12.3. The molecule has 1 atom stereocenters. The van der Waals surface area contributed by atoms with Gasteiger partial charge >= 0.3 is 6.03 Å². The van der Waals surface area contributed by atoms with Gasteiger partial charge < -0.3 is 19.9 Å². The Morgan fingerprint density at radius 3 is 2.60 bits per heavy atom. The van der Waals surface area contributed by atoms with Crippen molar-refractivity contribution in [2.45, 2.75) is 12.6 Å². The van der Waals surface area contributed by atoms with Gasteiger partial charge in [0.05, 0.1) is 19.3 Å². The summed E-state index contributed by atoms with van der Waals surface area (Å²) in [5.74, 6) is 0. The summed E-state index contributed by atoms with van der Waals surface area (Å²) in [6.45, 7) is 4.34. The van der Waals surface area contributed by atoms with E-state index < -0.39 is 0 Å². The molecule has 1 aliphatic heterocycles. The van der Waals surface area contributed by atoms with Crippen LogP contribution in [0.1, 0.15) is 17.2 Å². The van der Waals surface area contributed by atoms with E-state index in [1.807, 2.05) is 48.3 Å². The highest BCUT2D eigenvalue weighted by molar-refractivity contribution is 5.73. The highest BCUT2D eigenvalue weighted by atomic mass is 16.5. The average molecular weight is 342 g/mol. The number of rotatable bonds is 6. The molecule has 2 amide bonds. The van der Waals surface area contributed by atoms with E-state index in [4.69, 9.17) is 4.74 Å². The Kier molecular flexibility index (Phi) is 6.09. The lowest BCUT2D eigenvalue weighted by molar-refractivity contribution is 0.0167. The van der Waals surface area contributed by atoms with Crippen molar-refractivity contribution in [1.29, 1.82) is 0 Å². The number of amides is 2. The first-order valence-corrected chi connectivity index (χ1v) is 8.71. The second-order valence-corrected chi connectivity index (χ2v) is 6.32. The molecule has 1 aliphatic rings. The highest BCUT2D eigenvalue weighted by Gasteiger charge is 2.22. The molecule has 1 saturated heterocycles. The molecule has 0 saturated carbocycles. The molecule has 1 fully saturated rings. The predicted molar refractivity (Wildman–Crippen MR) is 97.2 cm³/mol. The Hall–Kier alpha value is -2.31. The van der Waals surface area contributed by atoms with Crippen molar-refractivity contribution < 1.29 is 9.53 Å². The van der Waals surface area contributed by atoms with Crippen LogP contribution in [0.25, 0.3) is 0 Å². The molecule has 0 radical (unpaired) electrons. The molecule has 3 rings (SSSR count). The smallest absolute Gasteiger partial charge is 0.315 e. The first-order chi connectivity index (χ1) is 12.2. The number of aromatic nitrogens is 1. The van der Waals surface area contributed by atoms with Gasteiger partial charge in [-0.1, -0.05) is 30.3 Å². The Morgan fingerprint density at radius 2 is 1.92 bits per heavy atom. The number of nitrogens with zero attached hydrogens (tertiary/aromatic N) is 2. The first-order valence-electron chi connectivity index (χ1n) is 8.71. The van der Waals surface area contributed by atoms with Crippen molar-refractivity contribution in [2.24, 2.45) is 7.05 Å². The van der Waals surface area contributed by atoms with Gasteiger partial charge in [-0.3, -0.25) is 4.90 Å². The monoisotopic (exact) mass is 342 g/mol. The fourth-order valence-electron chi connectivity index (χ4n) is 3.12. The summed E-state index contributed by atoms with van der Waals surface area (Å²) in [5.41, 5.74) is 2.30. The van der Waals surface area contributed by atoms with E-state index in [0.29, 0.717) is 13.1 Å². The van der Waals surface area contributed by atoms with Crippen molar-refractivity contribution in [1.82, 2.24) is 20.1 Å². The largest absolute Gasteiger partial charge is 0.379 e. The normalized spacial score (nSPS) is 16.4. The molecule has 6 heteroatoms. The van der Waals surface area contributed by atoms with Crippen LogP contribution >= 0.6 is 0 Å². The van der Waals surface area contributed by atoms with Crippen LogP contribution in [0.3, 0.4) is 0 Å². The molecule has 2 aromatic rings. The van der Waals surface area contributed by atoms with Crippen LogP contribution in [0.15, 0.2) is 48.8 Å². The number of carbonyl (C=O) groups is 1. The number of aryl methyl sites for hydroxylation is 1. The molecule has 2 heterocycles. The Labute approximate surface area is 148 Å². The molecule has 1 aromatic carbocycles. The molecular weight excluding hydrogens is 316 g/mol. The molecule has 134 valence electrons. The second kappa shape index (κ2) is 8.69. The first kappa shape index (κ1) is 17.5. The van der Waals surface area contributed by atoms with E-state index in [0.717, 1.165) is 31.9 Å².